The van der Waals surface area contributed by atoms with Crippen LogP contribution >= 0.6 is 0 Å². The molecule has 1 aromatic rings. The van der Waals surface area contributed by atoms with E-state index < -0.39 is 11.7 Å². The highest BCUT2D eigenvalue weighted by Crippen LogP contribution is 2.25. The van der Waals surface area contributed by atoms with Crippen molar-refractivity contribution in [3.8, 4) is 0 Å². The second kappa shape index (κ2) is 21.8. The molecule has 0 amide bonds. The molecule has 0 radical (unpaired) electrons. The predicted octanol–water partition coefficient (Wildman–Crippen LogP) is 11.2. The Hall–Kier alpha value is -1.29. The number of nitrogens with zero attached hydrogens (tertiary/aromatic N) is 1. The number of halogens is 3. The summed E-state index contributed by atoms with van der Waals surface area (Å²) in [6, 6.07) is 6.83. The van der Waals surface area contributed by atoms with Crippen LogP contribution in [0.1, 0.15) is 131 Å². The fourth-order valence-corrected chi connectivity index (χ4v) is 3.73. The number of aryl methyl sites for hydroxylation is 1. The fourth-order valence-electron chi connectivity index (χ4n) is 3.73. The predicted molar refractivity (Wildman–Crippen MR) is 157 cm³/mol. The highest BCUT2D eigenvalue weighted by molar-refractivity contribution is 5.34. The first-order valence-corrected chi connectivity index (χ1v) is 14.3. The van der Waals surface area contributed by atoms with Gasteiger partial charge in [-0.15, -0.1) is 0 Å². The standard InChI is InChI=1S/C13H20.C10H21N.C5H7F3.2C2H6/c1-9(2)12-7-6-11(5)13(8-12)10(3)4;1-4-11-7-5-6-10(8-11)9(2)3;1-3-4(2)5(6,7)8;2*1-2/h6-10H,1-5H3;9-10H,4-8H2,1-3H3;3H,1-2H3;2*1-2H3/b;;4-3+;;. The molecule has 0 N–H and O–H groups in total. The van der Waals surface area contributed by atoms with Crippen molar-refractivity contribution >= 4 is 0 Å². The van der Waals surface area contributed by atoms with Gasteiger partial charge in [0.15, 0.2) is 0 Å². The van der Waals surface area contributed by atoms with Crippen LogP contribution in [-0.2, 0) is 0 Å². The van der Waals surface area contributed by atoms with Gasteiger partial charge in [0.1, 0.15) is 0 Å². The van der Waals surface area contributed by atoms with Crippen LogP contribution in [0.4, 0.5) is 13.2 Å². The Morgan fingerprint density at radius 1 is 1.00 bits per heavy atom. The van der Waals surface area contributed by atoms with Gasteiger partial charge in [0.05, 0.1) is 0 Å². The van der Waals surface area contributed by atoms with Gasteiger partial charge in [0.25, 0.3) is 0 Å². The van der Waals surface area contributed by atoms with Gasteiger partial charge in [0, 0.05) is 12.1 Å². The Bertz CT molecular complexity index is 672. The van der Waals surface area contributed by atoms with Crippen LogP contribution < -0.4 is 0 Å². The van der Waals surface area contributed by atoms with Crippen LogP contribution in [-0.4, -0.2) is 30.7 Å². The van der Waals surface area contributed by atoms with Crippen molar-refractivity contribution in [2.45, 2.75) is 128 Å². The van der Waals surface area contributed by atoms with Gasteiger partial charge in [-0.05, 0) is 87.1 Å². The summed E-state index contributed by atoms with van der Waals surface area (Å²) in [5.41, 5.74) is 3.82. The molecule has 1 atom stereocenters. The van der Waals surface area contributed by atoms with Crippen LogP contribution in [0.5, 0.6) is 0 Å². The maximum Gasteiger partial charge on any atom is 0.412 e. The average molecular weight is 516 g/mol. The van der Waals surface area contributed by atoms with E-state index >= 15 is 0 Å². The summed E-state index contributed by atoms with van der Waals surface area (Å²) < 4.78 is 34.1. The molecule has 1 heterocycles. The zero-order chi connectivity index (χ0) is 29.1. The van der Waals surface area contributed by atoms with E-state index in [9.17, 15) is 13.2 Å². The Morgan fingerprint density at radius 2 is 1.53 bits per heavy atom. The fraction of sp³-hybridized carbons (Fsp3) is 0.750. The van der Waals surface area contributed by atoms with Gasteiger partial charge in [-0.25, -0.2) is 0 Å². The summed E-state index contributed by atoms with van der Waals surface area (Å²) in [4.78, 5) is 2.58. The van der Waals surface area contributed by atoms with E-state index in [0.29, 0.717) is 11.8 Å². The normalized spacial score (nSPS) is 16.1. The third kappa shape index (κ3) is 17.2. The van der Waals surface area contributed by atoms with E-state index in [1.807, 2.05) is 27.7 Å². The SMILES string of the molecule is C/C=C(\C)C(F)(F)F.CC.CC.CCN1CCCC(C(C)C)C1.Cc1ccc(C(C)C)cc1C(C)C. The molecule has 1 unspecified atom stereocenters. The van der Waals surface area contributed by atoms with Crippen molar-refractivity contribution in [3.05, 3.63) is 46.5 Å². The summed E-state index contributed by atoms with van der Waals surface area (Å²) in [7, 11) is 0. The van der Waals surface area contributed by atoms with Gasteiger partial charge in [-0.2, -0.15) is 13.2 Å². The first-order chi connectivity index (χ1) is 16.7. The number of likely N-dealkylation sites (tertiary alicyclic amines) is 1. The van der Waals surface area contributed by atoms with Crippen LogP contribution in [0.2, 0.25) is 0 Å². The maximum absolute atomic E-state index is 11.4. The average Bonchev–Trinajstić information content (AvgIpc) is 2.86. The van der Waals surface area contributed by atoms with Crippen molar-refractivity contribution < 1.29 is 13.2 Å². The third-order valence-electron chi connectivity index (χ3n) is 6.40. The smallest absolute Gasteiger partial charge is 0.303 e. The first-order valence-electron chi connectivity index (χ1n) is 14.3. The monoisotopic (exact) mass is 515 g/mol. The van der Waals surface area contributed by atoms with Crippen LogP contribution in [0, 0.1) is 18.8 Å². The van der Waals surface area contributed by atoms with Crippen molar-refractivity contribution in [1.82, 2.24) is 4.90 Å². The minimum Gasteiger partial charge on any atom is -0.303 e. The van der Waals surface area contributed by atoms with Crippen LogP contribution in [0.3, 0.4) is 0 Å². The number of allylic oxidation sites excluding steroid dienone is 2. The molecule has 1 nitrogen and oxygen atoms in total. The molecule has 0 aliphatic carbocycles. The van der Waals surface area contributed by atoms with E-state index in [4.69, 9.17) is 0 Å². The first kappa shape index (κ1) is 39.2. The molecule has 0 spiro atoms. The molecule has 1 fully saturated rings. The van der Waals surface area contributed by atoms with Gasteiger partial charge in [0.2, 0.25) is 0 Å². The number of rotatable bonds is 4. The van der Waals surface area contributed by atoms with E-state index in [2.05, 4.69) is 78.5 Å². The molecule has 1 aliphatic rings. The summed E-state index contributed by atoms with van der Waals surface area (Å²) in [6.45, 7) is 32.5. The molecule has 1 aromatic carbocycles. The topological polar surface area (TPSA) is 3.24 Å². The number of hydrogen-bond acceptors (Lipinski definition) is 1. The lowest BCUT2D eigenvalue weighted by Crippen LogP contribution is -2.37. The molecule has 0 aromatic heterocycles. The highest BCUT2D eigenvalue weighted by Gasteiger charge is 2.28. The second-order valence-corrected chi connectivity index (χ2v) is 9.93. The van der Waals surface area contributed by atoms with Gasteiger partial charge >= 0.3 is 6.18 Å². The minimum absolute atomic E-state index is 0.544. The Kier molecular flexibility index (Phi) is 23.7. The number of piperidine rings is 1. The third-order valence-corrected chi connectivity index (χ3v) is 6.40. The number of alkyl halides is 3. The second-order valence-electron chi connectivity index (χ2n) is 9.93. The molecular weight excluding hydrogens is 455 g/mol. The van der Waals surface area contributed by atoms with Gasteiger partial charge < -0.3 is 4.90 Å². The molecule has 214 valence electrons. The van der Waals surface area contributed by atoms with E-state index in [-0.39, 0.29) is 0 Å². The molecule has 0 bridgehead atoms. The summed E-state index contributed by atoms with van der Waals surface area (Å²) >= 11 is 0. The Balaban J connectivity index is -0.000000434. The lowest BCUT2D eigenvalue weighted by atomic mass is 9.88. The lowest BCUT2D eigenvalue weighted by molar-refractivity contribution is -0.0914. The summed E-state index contributed by atoms with van der Waals surface area (Å²) in [5.74, 6) is 3.12. The summed E-state index contributed by atoms with van der Waals surface area (Å²) in [5, 5.41) is 0. The van der Waals surface area contributed by atoms with E-state index in [0.717, 1.165) is 24.8 Å². The van der Waals surface area contributed by atoms with Crippen molar-refractivity contribution in [1.29, 1.82) is 0 Å². The largest absolute Gasteiger partial charge is 0.412 e. The minimum atomic E-state index is -4.13. The molecule has 1 aliphatic heterocycles. The molecule has 1 saturated heterocycles. The summed E-state index contributed by atoms with van der Waals surface area (Å²) in [6.07, 6.45) is -0.223. The van der Waals surface area contributed by atoms with E-state index in [1.54, 1.807) is 0 Å². The van der Waals surface area contributed by atoms with Crippen molar-refractivity contribution in [2.24, 2.45) is 11.8 Å². The van der Waals surface area contributed by atoms with E-state index in [1.165, 1.54) is 56.1 Å². The zero-order valence-corrected chi connectivity index (χ0v) is 26.2. The van der Waals surface area contributed by atoms with Gasteiger partial charge in [-0.1, -0.05) is 100 Å². The number of benzene rings is 1. The zero-order valence-electron chi connectivity index (χ0n) is 26.2. The quantitative estimate of drug-likeness (QED) is 0.360. The molecule has 2 rings (SSSR count). The van der Waals surface area contributed by atoms with Gasteiger partial charge in [-0.3, -0.25) is 0 Å². The maximum atomic E-state index is 11.4. The molecular formula is C32H60F3N. The Labute approximate surface area is 224 Å². The Morgan fingerprint density at radius 3 is 1.86 bits per heavy atom. The van der Waals surface area contributed by atoms with Crippen LogP contribution in [0.25, 0.3) is 0 Å². The van der Waals surface area contributed by atoms with Crippen molar-refractivity contribution in [3.63, 3.8) is 0 Å². The van der Waals surface area contributed by atoms with Crippen molar-refractivity contribution in [2.75, 3.05) is 19.6 Å². The highest BCUT2D eigenvalue weighted by atomic mass is 19.4. The number of hydrogen-bond donors (Lipinski definition) is 0. The van der Waals surface area contributed by atoms with Crippen LogP contribution in [0.15, 0.2) is 29.8 Å². The molecule has 36 heavy (non-hydrogen) atoms. The molecule has 4 heteroatoms. The lowest BCUT2D eigenvalue weighted by Gasteiger charge is -2.33. The molecule has 0 saturated carbocycles.